The molecule has 0 aliphatic rings. The van der Waals surface area contributed by atoms with Gasteiger partial charge in [0, 0.05) is 10.9 Å². The second-order valence-electron chi connectivity index (χ2n) is 4.87. The van der Waals surface area contributed by atoms with Crippen molar-refractivity contribution in [2.24, 2.45) is 0 Å². The average Bonchev–Trinajstić information content (AvgIpc) is 2.43. The van der Waals surface area contributed by atoms with E-state index in [1.54, 1.807) is 0 Å². The van der Waals surface area contributed by atoms with Crippen LogP contribution in [-0.4, -0.2) is 5.91 Å². The Bertz CT molecular complexity index is 581. The lowest BCUT2D eigenvalue weighted by Crippen LogP contribution is -2.11. The maximum Gasteiger partial charge on any atom is 0.224 e. The minimum Gasteiger partial charge on any atom is -0.325 e. The quantitative estimate of drug-likeness (QED) is 0.843. The summed E-state index contributed by atoms with van der Waals surface area (Å²) in [7, 11) is 0. The number of hydrogen-bond donors (Lipinski definition) is 1. The summed E-state index contributed by atoms with van der Waals surface area (Å²) in [5.41, 5.74) is 3.27. The summed E-state index contributed by atoms with van der Waals surface area (Å²) in [6.07, 6.45) is 2.33. The Hall–Kier alpha value is -1.61. The number of nitrogens with one attached hydrogen (secondary N) is 1. The molecule has 3 heteroatoms. The minimum absolute atomic E-state index is 0.0606. The van der Waals surface area contributed by atoms with Gasteiger partial charge in [-0.2, -0.15) is 0 Å². The summed E-state index contributed by atoms with van der Waals surface area (Å²) in [5.74, 6) is 0.0606. The molecule has 0 saturated carbocycles. The Balaban J connectivity index is 1.81. The van der Waals surface area contributed by atoms with Crippen molar-refractivity contribution in [1.29, 1.82) is 0 Å². The first-order chi connectivity index (χ1) is 9.65. The largest absolute Gasteiger partial charge is 0.325 e. The zero-order valence-electron chi connectivity index (χ0n) is 11.5. The second-order valence-corrected chi connectivity index (χ2v) is 5.72. The molecule has 0 radical (unpaired) electrons. The fourth-order valence-electron chi connectivity index (χ4n) is 2.03. The molecule has 0 heterocycles. The summed E-state index contributed by atoms with van der Waals surface area (Å²) in [5, 5.41) is 2.94. The van der Waals surface area contributed by atoms with E-state index in [2.05, 4.69) is 33.4 Å². The van der Waals surface area contributed by atoms with Crippen LogP contribution >= 0.6 is 15.9 Å². The lowest BCUT2D eigenvalue weighted by molar-refractivity contribution is -0.116. The average molecular weight is 332 g/mol. The van der Waals surface area contributed by atoms with Gasteiger partial charge < -0.3 is 5.32 Å². The van der Waals surface area contributed by atoms with Gasteiger partial charge in [-0.15, -0.1) is 0 Å². The Morgan fingerprint density at radius 1 is 1.15 bits per heavy atom. The van der Waals surface area contributed by atoms with Crippen LogP contribution in [0.25, 0.3) is 0 Å². The summed E-state index contributed by atoms with van der Waals surface area (Å²) < 4.78 is 0.925. The summed E-state index contributed by atoms with van der Waals surface area (Å²) >= 11 is 3.47. The highest BCUT2D eigenvalue weighted by Crippen LogP contribution is 2.23. The van der Waals surface area contributed by atoms with Crippen LogP contribution < -0.4 is 5.32 Å². The number of aryl methyl sites for hydroxylation is 2. The van der Waals surface area contributed by atoms with Crippen molar-refractivity contribution in [2.45, 2.75) is 26.2 Å². The van der Waals surface area contributed by atoms with Crippen LogP contribution in [-0.2, 0) is 11.2 Å². The summed E-state index contributed by atoms with van der Waals surface area (Å²) in [6, 6.07) is 16.2. The maximum atomic E-state index is 11.9. The third-order valence-electron chi connectivity index (χ3n) is 3.11. The van der Waals surface area contributed by atoms with E-state index in [9.17, 15) is 4.79 Å². The third kappa shape index (κ3) is 4.49. The van der Waals surface area contributed by atoms with Gasteiger partial charge in [0.2, 0.25) is 5.91 Å². The van der Waals surface area contributed by atoms with Crippen LogP contribution in [0.4, 0.5) is 5.69 Å². The monoisotopic (exact) mass is 331 g/mol. The fraction of sp³-hybridized carbons (Fsp3) is 0.235. The molecule has 2 aromatic carbocycles. The van der Waals surface area contributed by atoms with Crippen LogP contribution in [0.5, 0.6) is 0 Å². The Morgan fingerprint density at radius 3 is 2.60 bits per heavy atom. The van der Waals surface area contributed by atoms with Crippen LogP contribution in [0.15, 0.2) is 53.0 Å². The minimum atomic E-state index is 0.0606. The molecular formula is C17H18BrNO. The number of amides is 1. The molecule has 104 valence electrons. The summed E-state index contributed by atoms with van der Waals surface area (Å²) in [4.78, 5) is 11.9. The highest BCUT2D eigenvalue weighted by atomic mass is 79.9. The molecule has 0 aliphatic carbocycles. The molecule has 0 bridgehead atoms. The van der Waals surface area contributed by atoms with Crippen molar-refractivity contribution < 1.29 is 4.79 Å². The second kappa shape index (κ2) is 7.25. The standard InChI is InChI=1S/C17H18BrNO/c1-13-10-11-16(15(18)12-13)19-17(20)9-5-8-14-6-3-2-4-7-14/h2-4,6-7,10-12H,5,8-9H2,1H3,(H,19,20). The molecule has 0 unspecified atom stereocenters. The first-order valence-corrected chi connectivity index (χ1v) is 7.54. The fourth-order valence-corrected chi connectivity index (χ4v) is 2.62. The van der Waals surface area contributed by atoms with E-state index in [0.717, 1.165) is 23.0 Å². The number of rotatable bonds is 5. The van der Waals surface area contributed by atoms with Gasteiger partial charge in [-0.25, -0.2) is 0 Å². The highest BCUT2D eigenvalue weighted by molar-refractivity contribution is 9.10. The summed E-state index contributed by atoms with van der Waals surface area (Å²) in [6.45, 7) is 2.02. The van der Waals surface area contributed by atoms with E-state index < -0.39 is 0 Å². The first kappa shape index (κ1) is 14.8. The van der Waals surface area contributed by atoms with Gasteiger partial charge >= 0.3 is 0 Å². The van der Waals surface area contributed by atoms with Crippen molar-refractivity contribution >= 4 is 27.5 Å². The van der Waals surface area contributed by atoms with E-state index in [1.807, 2.05) is 43.3 Å². The smallest absolute Gasteiger partial charge is 0.224 e. The van der Waals surface area contributed by atoms with Gasteiger partial charge in [-0.1, -0.05) is 36.4 Å². The predicted octanol–water partition coefficient (Wildman–Crippen LogP) is 4.72. The van der Waals surface area contributed by atoms with Gasteiger partial charge in [0.25, 0.3) is 0 Å². The van der Waals surface area contributed by atoms with E-state index in [4.69, 9.17) is 0 Å². The number of hydrogen-bond acceptors (Lipinski definition) is 1. The molecule has 2 rings (SSSR count). The molecule has 0 spiro atoms. The Kier molecular flexibility index (Phi) is 5.36. The van der Waals surface area contributed by atoms with Crippen LogP contribution in [0, 0.1) is 6.92 Å². The number of anilines is 1. The van der Waals surface area contributed by atoms with Gasteiger partial charge in [0.05, 0.1) is 5.69 Å². The van der Waals surface area contributed by atoms with Crippen molar-refractivity contribution in [3.05, 3.63) is 64.1 Å². The first-order valence-electron chi connectivity index (χ1n) is 6.75. The third-order valence-corrected chi connectivity index (χ3v) is 3.77. The molecule has 0 aliphatic heterocycles. The van der Waals surface area contributed by atoms with Crippen LogP contribution in [0.2, 0.25) is 0 Å². The van der Waals surface area contributed by atoms with Gasteiger partial charge in [0.15, 0.2) is 0 Å². The number of halogens is 1. The molecule has 20 heavy (non-hydrogen) atoms. The number of carbonyl (C=O) groups excluding carboxylic acids is 1. The number of benzene rings is 2. The molecule has 0 aromatic heterocycles. The van der Waals surface area contributed by atoms with Crippen molar-refractivity contribution in [3.63, 3.8) is 0 Å². The van der Waals surface area contributed by atoms with Crippen molar-refractivity contribution in [2.75, 3.05) is 5.32 Å². The normalized spacial score (nSPS) is 10.3. The predicted molar refractivity (Wildman–Crippen MR) is 86.9 cm³/mol. The van der Waals surface area contributed by atoms with E-state index in [-0.39, 0.29) is 5.91 Å². The molecule has 1 N–H and O–H groups in total. The van der Waals surface area contributed by atoms with E-state index in [1.165, 1.54) is 11.1 Å². The van der Waals surface area contributed by atoms with Crippen LogP contribution in [0.3, 0.4) is 0 Å². The molecule has 2 aromatic rings. The van der Waals surface area contributed by atoms with Crippen molar-refractivity contribution in [1.82, 2.24) is 0 Å². The van der Waals surface area contributed by atoms with E-state index in [0.29, 0.717) is 6.42 Å². The van der Waals surface area contributed by atoms with Crippen molar-refractivity contribution in [3.8, 4) is 0 Å². The van der Waals surface area contributed by atoms with Gasteiger partial charge in [-0.3, -0.25) is 4.79 Å². The lowest BCUT2D eigenvalue weighted by atomic mass is 10.1. The van der Waals surface area contributed by atoms with Gasteiger partial charge in [0.1, 0.15) is 0 Å². The maximum absolute atomic E-state index is 11.9. The molecular weight excluding hydrogens is 314 g/mol. The molecule has 0 fully saturated rings. The zero-order chi connectivity index (χ0) is 14.4. The number of carbonyl (C=O) groups is 1. The van der Waals surface area contributed by atoms with Crippen LogP contribution in [0.1, 0.15) is 24.0 Å². The van der Waals surface area contributed by atoms with E-state index >= 15 is 0 Å². The van der Waals surface area contributed by atoms with Gasteiger partial charge in [-0.05, 0) is 59.0 Å². The topological polar surface area (TPSA) is 29.1 Å². The molecule has 1 amide bonds. The molecule has 0 atom stereocenters. The Labute approximate surface area is 128 Å². The Morgan fingerprint density at radius 2 is 1.90 bits per heavy atom. The molecule has 0 saturated heterocycles. The SMILES string of the molecule is Cc1ccc(NC(=O)CCCc2ccccc2)c(Br)c1. The highest BCUT2D eigenvalue weighted by Gasteiger charge is 2.05. The lowest BCUT2D eigenvalue weighted by Gasteiger charge is -2.08. The zero-order valence-corrected chi connectivity index (χ0v) is 13.1. The molecule has 2 nitrogen and oxygen atoms in total.